The zero-order valence-corrected chi connectivity index (χ0v) is 27.4. The molecule has 5 nitrogen and oxygen atoms in total. The maximum absolute atomic E-state index is 12.9. The van der Waals surface area contributed by atoms with E-state index in [1.807, 2.05) is 42.2 Å². The molecule has 0 aliphatic heterocycles. The molecule has 0 atom stereocenters. The van der Waals surface area contributed by atoms with E-state index in [2.05, 4.69) is 42.3 Å². The minimum Gasteiger partial charge on any atom is -0.493 e. The van der Waals surface area contributed by atoms with Gasteiger partial charge in [-0.15, -0.1) is 0 Å². The van der Waals surface area contributed by atoms with E-state index in [-0.39, 0.29) is 5.91 Å². The third-order valence-electron chi connectivity index (χ3n) is 7.76. The van der Waals surface area contributed by atoms with Gasteiger partial charge in [0.15, 0.2) is 24.2 Å². The summed E-state index contributed by atoms with van der Waals surface area (Å²) in [6.07, 6.45) is 18.6. The van der Waals surface area contributed by atoms with Gasteiger partial charge >= 0.3 is 0 Å². The molecule has 0 aliphatic rings. The minimum atomic E-state index is 0.0943. The lowest BCUT2D eigenvalue weighted by molar-refractivity contribution is -0.683. The largest absolute Gasteiger partial charge is 0.493 e. The van der Waals surface area contributed by atoms with Gasteiger partial charge in [0.2, 0.25) is 11.4 Å². The highest BCUT2D eigenvalue weighted by Gasteiger charge is 2.17. The van der Waals surface area contributed by atoms with Crippen LogP contribution in [0, 0.1) is 6.92 Å². The third-order valence-corrected chi connectivity index (χ3v) is 8.62. The molecule has 0 saturated carbocycles. The first-order valence-electron chi connectivity index (χ1n) is 16.2. The van der Waals surface area contributed by atoms with Crippen molar-refractivity contribution in [3.05, 3.63) is 70.2 Å². The van der Waals surface area contributed by atoms with Crippen LogP contribution >= 0.6 is 11.3 Å². The molecule has 6 heteroatoms. The molecule has 0 saturated heterocycles. The van der Waals surface area contributed by atoms with Crippen LogP contribution in [-0.4, -0.2) is 19.6 Å². The topological polar surface area (TPSA) is 42.7 Å². The van der Waals surface area contributed by atoms with Crippen molar-refractivity contribution < 1.29 is 18.8 Å². The Morgan fingerprint density at radius 3 is 2.00 bits per heavy atom. The van der Waals surface area contributed by atoms with E-state index in [1.165, 1.54) is 81.1 Å². The lowest BCUT2D eigenvalue weighted by Crippen LogP contribution is -2.31. The van der Waals surface area contributed by atoms with Crippen LogP contribution in [0.15, 0.2) is 54.2 Å². The molecule has 2 aromatic carbocycles. The van der Waals surface area contributed by atoms with Gasteiger partial charge in [-0.1, -0.05) is 114 Å². The summed E-state index contributed by atoms with van der Waals surface area (Å²) in [5.74, 6) is 1.58. The fourth-order valence-electron chi connectivity index (χ4n) is 5.27. The molecule has 0 aliphatic carbocycles. The second-order valence-electron chi connectivity index (χ2n) is 11.4. The second kappa shape index (κ2) is 19.4. The zero-order valence-electron chi connectivity index (χ0n) is 26.5. The lowest BCUT2D eigenvalue weighted by atomic mass is 10.1. The first kappa shape index (κ1) is 33.6. The summed E-state index contributed by atoms with van der Waals surface area (Å²) >= 11 is 1.75. The van der Waals surface area contributed by atoms with Crippen LogP contribution in [0.2, 0.25) is 0 Å². The molecule has 3 aromatic rings. The normalized spacial score (nSPS) is 11.0. The van der Waals surface area contributed by atoms with Gasteiger partial charge in [0, 0.05) is 17.7 Å². The van der Waals surface area contributed by atoms with Crippen molar-refractivity contribution in [1.82, 2.24) is 0 Å². The second-order valence-corrected chi connectivity index (χ2v) is 12.4. The van der Waals surface area contributed by atoms with Crippen LogP contribution in [-0.2, 0) is 17.9 Å². The van der Waals surface area contributed by atoms with E-state index in [0.29, 0.717) is 25.3 Å². The molecular formula is C36H53N2O3S+. The van der Waals surface area contributed by atoms with E-state index in [0.717, 1.165) is 30.0 Å². The number of benzene rings is 2. The summed E-state index contributed by atoms with van der Waals surface area (Å²) in [5.41, 5.74) is 5.26. The molecule has 0 radical (unpaired) electrons. The molecule has 1 heterocycles. The van der Waals surface area contributed by atoms with E-state index >= 15 is 0 Å². The summed E-state index contributed by atoms with van der Waals surface area (Å²) < 4.78 is 14.0. The average Bonchev–Trinajstić information content (AvgIpc) is 3.42. The number of amides is 1. The number of unbranched alkanes of at least 4 members (excludes halogenated alkanes) is 11. The van der Waals surface area contributed by atoms with E-state index in [9.17, 15) is 4.79 Å². The van der Waals surface area contributed by atoms with Gasteiger partial charge < -0.3 is 14.4 Å². The van der Waals surface area contributed by atoms with Gasteiger partial charge in [0.05, 0.1) is 25.1 Å². The smallest absolute Gasteiger partial charge is 0.227 e. The lowest BCUT2D eigenvalue weighted by Gasteiger charge is -2.23. The van der Waals surface area contributed by atoms with Crippen molar-refractivity contribution in [3.8, 4) is 11.5 Å². The number of methoxy groups -OCH3 is 1. The SMILES string of the molecule is CCCCCCCCCCCCCCOc1ccc(CN(C(=O)CC)c2ccc(C[n+]3csc(C)c3)cc2)cc1OC. The monoisotopic (exact) mass is 593 g/mol. The first-order valence-corrected chi connectivity index (χ1v) is 17.0. The van der Waals surface area contributed by atoms with Crippen molar-refractivity contribution in [2.45, 2.75) is 117 Å². The third kappa shape index (κ3) is 11.8. The number of hydrogen-bond donors (Lipinski definition) is 0. The summed E-state index contributed by atoms with van der Waals surface area (Å²) in [6.45, 7) is 8.31. The van der Waals surface area contributed by atoms with Crippen molar-refractivity contribution in [3.63, 3.8) is 0 Å². The van der Waals surface area contributed by atoms with Crippen molar-refractivity contribution in [2.24, 2.45) is 0 Å². The van der Waals surface area contributed by atoms with Gasteiger partial charge in [0.25, 0.3) is 0 Å². The van der Waals surface area contributed by atoms with Crippen molar-refractivity contribution in [1.29, 1.82) is 0 Å². The Labute approximate surface area is 258 Å². The van der Waals surface area contributed by atoms with Gasteiger partial charge in [-0.2, -0.15) is 4.57 Å². The van der Waals surface area contributed by atoms with E-state index in [1.54, 1.807) is 18.4 Å². The summed E-state index contributed by atoms with van der Waals surface area (Å²) in [6, 6.07) is 14.3. The predicted molar refractivity (Wildman–Crippen MR) is 176 cm³/mol. The standard InChI is InChI=1S/C36H53N2O3S/c1-5-7-8-9-10-11-12-13-14-15-16-17-24-41-34-23-20-32(25-35(34)40-4)28-38(36(39)6-2)33-21-18-31(19-22-33)27-37-26-30(3)42-29-37/h18-23,25-26,29H,5-17,24,27-28H2,1-4H3/q+1. The Kier molecular flexibility index (Phi) is 15.5. The van der Waals surface area contributed by atoms with Crippen molar-refractivity contribution in [2.75, 3.05) is 18.6 Å². The van der Waals surface area contributed by atoms with Gasteiger partial charge in [-0.25, -0.2) is 0 Å². The number of carbonyl (C=O) groups excluding carboxylic acids is 1. The summed E-state index contributed by atoms with van der Waals surface area (Å²) in [7, 11) is 1.68. The maximum Gasteiger partial charge on any atom is 0.227 e. The van der Waals surface area contributed by atoms with E-state index in [4.69, 9.17) is 9.47 Å². The summed E-state index contributed by atoms with van der Waals surface area (Å²) in [5, 5.41) is 0. The number of carbonyl (C=O) groups is 1. The number of ether oxygens (including phenoxy) is 2. The van der Waals surface area contributed by atoms with Crippen molar-refractivity contribution >= 4 is 22.9 Å². The van der Waals surface area contributed by atoms with Crippen LogP contribution in [0.3, 0.4) is 0 Å². The average molecular weight is 594 g/mol. The Bertz CT molecular complexity index is 1170. The highest BCUT2D eigenvalue weighted by Crippen LogP contribution is 2.30. The van der Waals surface area contributed by atoms with Crippen LogP contribution in [0.5, 0.6) is 11.5 Å². The fourth-order valence-corrected chi connectivity index (χ4v) is 5.91. The number of nitrogens with zero attached hydrogens (tertiary/aromatic N) is 2. The summed E-state index contributed by atoms with van der Waals surface area (Å²) in [4.78, 5) is 16.1. The maximum atomic E-state index is 12.9. The Morgan fingerprint density at radius 2 is 1.43 bits per heavy atom. The van der Waals surface area contributed by atoms with E-state index < -0.39 is 0 Å². The number of aryl methyl sites for hydroxylation is 1. The molecule has 1 aromatic heterocycles. The van der Waals surface area contributed by atoms with Crippen LogP contribution in [0.25, 0.3) is 0 Å². The minimum absolute atomic E-state index is 0.0943. The van der Waals surface area contributed by atoms with Crippen LogP contribution in [0.1, 0.15) is 113 Å². The number of aromatic nitrogens is 1. The molecule has 0 unspecified atom stereocenters. The number of anilines is 1. The predicted octanol–water partition coefficient (Wildman–Crippen LogP) is 9.42. The quantitative estimate of drug-likeness (QED) is 0.0913. The molecule has 0 N–H and O–H groups in total. The molecule has 42 heavy (non-hydrogen) atoms. The molecule has 0 spiro atoms. The molecule has 0 bridgehead atoms. The number of thiazole rings is 1. The van der Waals surface area contributed by atoms with Gasteiger partial charge in [-0.05, 0) is 43.2 Å². The first-order chi connectivity index (χ1) is 20.5. The molecule has 0 fully saturated rings. The molecule has 3 rings (SSSR count). The van der Waals surface area contributed by atoms with Gasteiger partial charge in [-0.3, -0.25) is 4.79 Å². The molecule has 230 valence electrons. The molecule has 1 amide bonds. The number of hydrogen-bond acceptors (Lipinski definition) is 4. The highest BCUT2D eigenvalue weighted by molar-refractivity contribution is 7.09. The number of rotatable bonds is 21. The fraction of sp³-hybridized carbons (Fsp3) is 0.556. The highest BCUT2D eigenvalue weighted by atomic mass is 32.1. The van der Waals surface area contributed by atoms with Gasteiger partial charge in [0.1, 0.15) is 0 Å². The zero-order chi connectivity index (χ0) is 30.0. The Balaban J connectivity index is 1.44. The Morgan fingerprint density at radius 1 is 0.810 bits per heavy atom. The van der Waals surface area contributed by atoms with Crippen LogP contribution < -0.4 is 18.9 Å². The van der Waals surface area contributed by atoms with Crippen LogP contribution in [0.4, 0.5) is 5.69 Å². The molecular weight excluding hydrogens is 540 g/mol. The Hall–Kier alpha value is -2.86.